The summed E-state index contributed by atoms with van der Waals surface area (Å²) >= 11 is 1.72. The molecule has 0 aliphatic carbocycles. The number of rotatable bonds is 12. The summed E-state index contributed by atoms with van der Waals surface area (Å²) in [5, 5.41) is 4.10. The summed E-state index contributed by atoms with van der Waals surface area (Å²) in [6, 6.07) is 13.5. The largest absolute Gasteiger partial charge is 0.494 e. The van der Waals surface area contributed by atoms with Gasteiger partial charge in [-0.15, -0.1) is 0 Å². The van der Waals surface area contributed by atoms with Crippen molar-refractivity contribution in [3.05, 3.63) is 48.0 Å². The maximum atomic E-state index is 12.5. The first-order chi connectivity index (χ1) is 17.2. The van der Waals surface area contributed by atoms with Crippen LogP contribution in [0.1, 0.15) is 43.5 Å². The third-order valence-corrected chi connectivity index (χ3v) is 7.24. The molecule has 1 aliphatic heterocycles. The molecule has 0 atom stereocenters. The summed E-state index contributed by atoms with van der Waals surface area (Å²) < 4.78 is 12.6. The van der Waals surface area contributed by atoms with Gasteiger partial charge in [0.15, 0.2) is 5.13 Å². The smallest absolute Gasteiger partial charge is 0.251 e. The fraction of sp³-hybridized carbons (Fsp3) is 0.481. The van der Waals surface area contributed by atoms with Crippen molar-refractivity contribution in [2.75, 3.05) is 57.4 Å². The molecule has 0 saturated carbocycles. The monoisotopic (exact) mass is 496 g/mol. The lowest BCUT2D eigenvalue weighted by atomic mass is 10.2. The van der Waals surface area contributed by atoms with Crippen molar-refractivity contribution in [1.29, 1.82) is 0 Å². The minimum absolute atomic E-state index is 0.0410. The molecule has 0 bridgehead atoms. The molecule has 1 aromatic heterocycles. The van der Waals surface area contributed by atoms with E-state index in [-0.39, 0.29) is 5.91 Å². The Hall–Kier alpha value is -2.84. The second kappa shape index (κ2) is 12.7. The number of hydrogen-bond donors (Lipinski definition) is 1. The average Bonchev–Trinajstić information content (AvgIpc) is 3.33. The minimum Gasteiger partial charge on any atom is -0.494 e. The number of hydrogen-bond acceptors (Lipinski definition) is 7. The van der Waals surface area contributed by atoms with Crippen molar-refractivity contribution < 1.29 is 14.3 Å². The Balaban J connectivity index is 1.19. The van der Waals surface area contributed by atoms with E-state index in [0.717, 1.165) is 72.6 Å². The lowest BCUT2D eigenvalue weighted by Gasteiger charge is -2.34. The molecule has 0 spiro atoms. The van der Waals surface area contributed by atoms with Crippen LogP contribution in [0.15, 0.2) is 42.5 Å². The Kier molecular flexibility index (Phi) is 9.20. The predicted octanol–water partition coefficient (Wildman–Crippen LogP) is 4.82. The topological polar surface area (TPSA) is 66.9 Å². The van der Waals surface area contributed by atoms with Crippen LogP contribution in [-0.2, 0) is 0 Å². The quantitative estimate of drug-likeness (QED) is 0.363. The van der Waals surface area contributed by atoms with Crippen LogP contribution in [0.3, 0.4) is 0 Å². The van der Waals surface area contributed by atoms with E-state index in [1.165, 1.54) is 12.8 Å². The van der Waals surface area contributed by atoms with Crippen LogP contribution in [0.25, 0.3) is 10.2 Å². The van der Waals surface area contributed by atoms with Crippen LogP contribution in [-0.4, -0.2) is 68.3 Å². The number of thiazole rings is 1. The molecule has 1 N–H and O–H groups in total. The van der Waals surface area contributed by atoms with Crippen LogP contribution in [0.2, 0.25) is 0 Å². The van der Waals surface area contributed by atoms with Gasteiger partial charge in [-0.2, -0.15) is 0 Å². The minimum atomic E-state index is -0.0410. The van der Waals surface area contributed by atoms with Gasteiger partial charge in [0.25, 0.3) is 5.91 Å². The number of benzene rings is 2. The zero-order valence-corrected chi connectivity index (χ0v) is 21.6. The molecule has 188 valence electrons. The molecular formula is C27H36N4O3S. The maximum absolute atomic E-state index is 12.5. The third-order valence-electron chi connectivity index (χ3n) is 6.16. The van der Waals surface area contributed by atoms with Crippen LogP contribution < -0.4 is 19.7 Å². The van der Waals surface area contributed by atoms with Crippen molar-refractivity contribution in [2.24, 2.45) is 0 Å². The molecule has 4 rings (SSSR count). The standard InChI is InChI=1S/C27H36N4O3S/c1-3-5-6-20-34-22-12-10-21(11-13-22)26(32)28-14-15-30-16-18-31(19-17-30)27-29-25-23(33-4-2)8-7-9-24(25)35-27/h7-13H,3-6,14-20H2,1-2H3,(H,28,32). The van der Waals surface area contributed by atoms with Gasteiger partial charge in [-0.25, -0.2) is 4.98 Å². The SMILES string of the molecule is CCCCCOc1ccc(C(=O)NCCN2CCN(c3nc4c(OCC)cccc4s3)CC2)cc1. The van der Waals surface area contributed by atoms with Gasteiger partial charge in [-0.05, 0) is 49.7 Å². The second-order valence-electron chi connectivity index (χ2n) is 8.70. The van der Waals surface area contributed by atoms with Gasteiger partial charge in [0.05, 0.1) is 17.9 Å². The number of nitrogens with zero attached hydrogens (tertiary/aromatic N) is 3. The number of fused-ring (bicyclic) bond motifs is 1. The molecule has 35 heavy (non-hydrogen) atoms. The Morgan fingerprint density at radius 2 is 1.83 bits per heavy atom. The van der Waals surface area contributed by atoms with E-state index < -0.39 is 0 Å². The molecule has 0 unspecified atom stereocenters. The average molecular weight is 497 g/mol. The Morgan fingerprint density at radius 3 is 2.57 bits per heavy atom. The number of piperazine rings is 1. The molecule has 7 nitrogen and oxygen atoms in total. The number of nitrogens with one attached hydrogen (secondary N) is 1. The number of para-hydroxylation sites is 1. The zero-order chi connectivity index (χ0) is 24.5. The molecule has 3 aromatic rings. The van der Waals surface area contributed by atoms with Gasteiger partial charge < -0.3 is 19.7 Å². The molecular weight excluding hydrogens is 460 g/mol. The number of unbranched alkanes of at least 4 members (excludes halogenated alkanes) is 2. The summed E-state index contributed by atoms with van der Waals surface area (Å²) in [5.41, 5.74) is 1.62. The summed E-state index contributed by atoms with van der Waals surface area (Å²) in [7, 11) is 0. The molecule has 0 radical (unpaired) electrons. The van der Waals surface area contributed by atoms with E-state index >= 15 is 0 Å². The molecule has 2 aromatic carbocycles. The fourth-order valence-electron chi connectivity index (χ4n) is 4.16. The second-order valence-corrected chi connectivity index (χ2v) is 9.71. The first kappa shape index (κ1) is 25.3. The number of anilines is 1. The highest BCUT2D eigenvalue weighted by Gasteiger charge is 2.20. The lowest BCUT2D eigenvalue weighted by molar-refractivity contribution is 0.0947. The van der Waals surface area contributed by atoms with Crippen LogP contribution in [0.4, 0.5) is 5.13 Å². The first-order valence-electron chi connectivity index (χ1n) is 12.7. The number of carbonyl (C=O) groups excluding carboxylic acids is 1. The van der Waals surface area contributed by atoms with Crippen molar-refractivity contribution in [3.63, 3.8) is 0 Å². The number of aromatic nitrogens is 1. The van der Waals surface area contributed by atoms with E-state index in [4.69, 9.17) is 14.5 Å². The van der Waals surface area contributed by atoms with Gasteiger partial charge in [0.2, 0.25) is 0 Å². The van der Waals surface area contributed by atoms with Crippen LogP contribution >= 0.6 is 11.3 Å². The van der Waals surface area contributed by atoms with Crippen molar-refractivity contribution >= 4 is 32.6 Å². The molecule has 1 amide bonds. The van der Waals surface area contributed by atoms with Crippen molar-refractivity contribution in [3.8, 4) is 11.5 Å². The third kappa shape index (κ3) is 6.86. The van der Waals surface area contributed by atoms with Crippen molar-refractivity contribution in [1.82, 2.24) is 15.2 Å². The van der Waals surface area contributed by atoms with Crippen LogP contribution in [0, 0.1) is 0 Å². The molecule has 1 fully saturated rings. The maximum Gasteiger partial charge on any atom is 0.251 e. The van der Waals surface area contributed by atoms with E-state index in [2.05, 4.69) is 28.1 Å². The van der Waals surface area contributed by atoms with Crippen molar-refractivity contribution in [2.45, 2.75) is 33.1 Å². The highest BCUT2D eigenvalue weighted by Crippen LogP contribution is 2.34. The molecule has 1 saturated heterocycles. The number of carbonyl (C=O) groups is 1. The first-order valence-corrected chi connectivity index (χ1v) is 13.5. The summed E-state index contributed by atoms with van der Waals surface area (Å²) in [6.07, 6.45) is 3.41. The number of amides is 1. The highest BCUT2D eigenvalue weighted by molar-refractivity contribution is 7.22. The predicted molar refractivity (Wildman–Crippen MR) is 143 cm³/mol. The Morgan fingerprint density at radius 1 is 1.03 bits per heavy atom. The van der Waals surface area contributed by atoms with E-state index in [1.54, 1.807) is 11.3 Å². The Labute approximate surface area is 212 Å². The summed E-state index contributed by atoms with van der Waals surface area (Å²) in [4.78, 5) is 22.1. The van der Waals surface area contributed by atoms with Gasteiger partial charge >= 0.3 is 0 Å². The van der Waals surface area contributed by atoms with Gasteiger partial charge in [0, 0.05) is 44.8 Å². The van der Waals surface area contributed by atoms with E-state index in [0.29, 0.717) is 18.7 Å². The normalized spacial score (nSPS) is 14.3. The lowest BCUT2D eigenvalue weighted by Crippen LogP contribution is -2.48. The fourth-order valence-corrected chi connectivity index (χ4v) is 5.19. The molecule has 2 heterocycles. The Bertz CT molecular complexity index is 1080. The van der Waals surface area contributed by atoms with E-state index in [9.17, 15) is 4.79 Å². The summed E-state index contributed by atoms with van der Waals surface area (Å²) in [5.74, 6) is 1.63. The van der Waals surface area contributed by atoms with Gasteiger partial charge in [-0.3, -0.25) is 9.69 Å². The zero-order valence-electron chi connectivity index (χ0n) is 20.8. The van der Waals surface area contributed by atoms with E-state index in [1.807, 2.05) is 43.3 Å². The number of ether oxygens (including phenoxy) is 2. The molecule has 1 aliphatic rings. The van der Waals surface area contributed by atoms with Gasteiger partial charge in [-0.1, -0.05) is 37.2 Å². The summed E-state index contributed by atoms with van der Waals surface area (Å²) in [6.45, 7) is 10.8. The van der Waals surface area contributed by atoms with Gasteiger partial charge in [0.1, 0.15) is 17.0 Å². The van der Waals surface area contributed by atoms with Crippen LogP contribution in [0.5, 0.6) is 11.5 Å². The highest BCUT2D eigenvalue weighted by atomic mass is 32.1. The molecule has 8 heteroatoms.